The summed E-state index contributed by atoms with van der Waals surface area (Å²) >= 11 is 5.38. The summed E-state index contributed by atoms with van der Waals surface area (Å²) in [5.74, 6) is -1.95. The fourth-order valence-corrected chi connectivity index (χ4v) is 1.64. The molecule has 0 aliphatic rings. The van der Waals surface area contributed by atoms with Gasteiger partial charge in [0.15, 0.2) is 0 Å². The Morgan fingerprint density at radius 1 is 1.56 bits per heavy atom. The van der Waals surface area contributed by atoms with E-state index < -0.39 is 29.8 Å². The quantitative estimate of drug-likeness (QED) is 0.615. The second-order valence-electron chi connectivity index (χ2n) is 3.38. The molecule has 0 aliphatic carbocycles. The van der Waals surface area contributed by atoms with Crippen molar-refractivity contribution in [2.45, 2.75) is 25.7 Å². The van der Waals surface area contributed by atoms with Crippen molar-refractivity contribution in [1.82, 2.24) is 4.98 Å². The summed E-state index contributed by atoms with van der Waals surface area (Å²) in [6.45, 7) is 1.76. The number of aromatic nitrogens is 1. The number of alkyl halides is 3. The summed E-state index contributed by atoms with van der Waals surface area (Å²) < 4.78 is 43.4. The molecule has 0 radical (unpaired) electrons. The highest BCUT2D eigenvalue weighted by atomic mass is 35.5. The normalized spacial score (nSPS) is 10.8. The molecule has 0 saturated heterocycles. The van der Waals surface area contributed by atoms with Crippen molar-refractivity contribution < 1.29 is 22.7 Å². The Bertz CT molecular complexity index is 441. The van der Waals surface area contributed by atoms with Gasteiger partial charge in [0.1, 0.15) is 11.5 Å². The van der Waals surface area contributed by atoms with Crippen molar-refractivity contribution in [2.24, 2.45) is 0 Å². The molecule has 0 atom stereocenters. The number of esters is 1. The highest BCUT2D eigenvalue weighted by molar-refractivity contribution is 6.17. The molecule has 0 spiro atoms. The molecule has 0 aromatic carbocycles. The Hall–Kier alpha value is -1.30. The predicted octanol–water partition coefficient (Wildman–Crippen LogP) is 3.00. The second kappa shape index (κ2) is 6.58. The standard InChI is InChI=1S/C11H11ClF3NO2/c1-2-18-9(17)4-6-3-8(13)7(5-12)10(16-6)11(14)15/h3,11H,2,4-5H2,1H3. The molecule has 1 aromatic heterocycles. The van der Waals surface area contributed by atoms with Crippen molar-refractivity contribution in [3.63, 3.8) is 0 Å². The van der Waals surface area contributed by atoms with Crippen LogP contribution in [0.15, 0.2) is 6.07 Å². The first kappa shape index (κ1) is 14.8. The highest BCUT2D eigenvalue weighted by Crippen LogP contribution is 2.25. The maximum Gasteiger partial charge on any atom is 0.311 e. The van der Waals surface area contributed by atoms with Crippen LogP contribution in [0.25, 0.3) is 0 Å². The fourth-order valence-electron chi connectivity index (χ4n) is 1.37. The molecule has 18 heavy (non-hydrogen) atoms. The van der Waals surface area contributed by atoms with Gasteiger partial charge in [-0.25, -0.2) is 13.2 Å². The zero-order valence-electron chi connectivity index (χ0n) is 9.55. The third-order valence-electron chi connectivity index (χ3n) is 2.13. The summed E-state index contributed by atoms with van der Waals surface area (Å²) in [7, 11) is 0. The average Bonchev–Trinajstić information content (AvgIpc) is 2.28. The maximum absolute atomic E-state index is 13.5. The minimum Gasteiger partial charge on any atom is -0.466 e. The molecule has 1 rings (SSSR count). The summed E-state index contributed by atoms with van der Waals surface area (Å²) in [5.41, 5.74) is -1.18. The number of carbonyl (C=O) groups excluding carboxylic acids is 1. The smallest absolute Gasteiger partial charge is 0.311 e. The zero-order valence-corrected chi connectivity index (χ0v) is 10.3. The van der Waals surface area contributed by atoms with Crippen molar-refractivity contribution in [3.8, 4) is 0 Å². The number of ether oxygens (including phenoxy) is 1. The number of nitrogens with zero attached hydrogens (tertiary/aromatic N) is 1. The van der Waals surface area contributed by atoms with Gasteiger partial charge in [-0.05, 0) is 13.0 Å². The molecule has 3 nitrogen and oxygen atoms in total. The number of pyridine rings is 1. The van der Waals surface area contributed by atoms with Crippen molar-refractivity contribution in [2.75, 3.05) is 6.61 Å². The molecule has 7 heteroatoms. The van der Waals surface area contributed by atoms with E-state index in [1.54, 1.807) is 6.92 Å². The van der Waals surface area contributed by atoms with Crippen molar-refractivity contribution in [1.29, 1.82) is 0 Å². The Morgan fingerprint density at radius 2 is 2.22 bits per heavy atom. The van der Waals surface area contributed by atoms with Crippen LogP contribution in [0, 0.1) is 5.82 Å². The third kappa shape index (κ3) is 3.60. The molecule has 100 valence electrons. The van der Waals surface area contributed by atoms with Gasteiger partial charge in [-0.1, -0.05) is 0 Å². The van der Waals surface area contributed by atoms with Gasteiger partial charge in [-0.3, -0.25) is 9.78 Å². The number of carbonyl (C=O) groups is 1. The topological polar surface area (TPSA) is 39.2 Å². The van der Waals surface area contributed by atoms with Gasteiger partial charge < -0.3 is 4.74 Å². The number of rotatable bonds is 5. The predicted molar refractivity (Wildman–Crippen MR) is 59.0 cm³/mol. The molecule has 0 unspecified atom stereocenters. The lowest BCUT2D eigenvalue weighted by Crippen LogP contribution is -2.11. The van der Waals surface area contributed by atoms with Gasteiger partial charge in [-0.15, -0.1) is 11.6 Å². The minimum absolute atomic E-state index is 0.102. The van der Waals surface area contributed by atoms with Crippen LogP contribution >= 0.6 is 11.6 Å². The Labute approximate surface area is 107 Å². The van der Waals surface area contributed by atoms with Gasteiger partial charge >= 0.3 is 5.97 Å². The van der Waals surface area contributed by atoms with Gasteiger partial charge in [0, 0.05) is 5.56 Å². The molecule has 1 heterocycles. The van der Waals surface area contributed by atoms with E-state index in [1.807, 2.05) is 0 Å². The molecule has 0 N–H and O–H groups in total. The van der Waals surface area contributed by atoms with Gasteiger partial charge in [0.2, 0.25) is 0 Å². The SMILES string of the molecule is CCOC(=O)Cc1cc(F)c(CCl)c(C(F)F)n1. The molecule has 1 aromatic rings. The van der Waals surface area contributed by atoms with E-state index in [4.69, 9.17) is 11.6 Å². The van der Waals surface area contributed by atoms with Crippen LogP contribution in [0.4, 0.5) is 13.2 Å². The first-order valence-electron chi connectivity index (χ1n) is 5.17. The van der Waals surface area contributed by atoms with E-state index >= 15 is 0 Å². The summed E-state index contributed by atoms with van der Waals surface area (Å²) in [5, 5.41) is 0. The van der Waals surface area contributed by atoms with Gasteiger partial charge in [0.25, 0.3) is 6.43 Å². The largest absolute Gasteiger partial charge is 0.466 e. The molecule has 0 saturated carbocycles. The monoisotopic (exact) mass is 281 g/mol. The first-order chi connectivity index (χ1) is 8.49. The van der Waals surface area contributed by atoms with Crippen LogP contribution in [0.3, 0.4) is 0 Å². The van der Waals surface area contributed by atoms with E-state index in [9.17, 15) is 18.0 Å². The van der Waals surface area contributed by atoms with Gasteiger partial charge in [-0.2, -0.15) is 0 Å². The molecule has 0 aliphatic heterocycles. The summed E-state index contributed by atoms with van der Waals surface area (Å²) in [6, 6.07) is 0.917. The van der Waals surface area contributed by atoms with Crippen LogP contribution in [0.1, 0.15) is 30.3 Å². The van der Waals surface area contributed by atoms with Crippen molar-refractivity contribution >= 4 is 17.6 Å². The Balaban J connectivity index is 3.05. The van der Waals surface area contributed by atoms with Crippen LogP contribution in [0.2, 0.25) is 0 Å². The van der Waals surface area contributed by atoms with Crippen LogP contribution in [-0.4, -0.2) is 17.6 Å². The van der Waals surface area contributed by atoms with Crippen LogP contribution in [0.5, 0.6) is 0 Å². The Kier molecular flexibility index (Phi) is 5.40. The molecule has 0 bridgehead atoms. The lowest BCUT2D eigenvalue weighted by atomic mass is 10.1. The number of hydrogen-bond acceptors (Lipinski definition) is 3. The molecule has 0 fully saturated rings. The lowest BCUT2D eigenvalue weighted by Gasteiger charge is -2.09. The van der Waals surface area contributed by atoms with Crippen molar-refractivity contribution in [3.05, 3.63) is 28.8 Å². The molecular weight excluding hydrogens is 271 g/mol. The summed E-state index contributed by atoms with van der Waals surface area (Å²) in [6.07, 6.45) is -3.30. The second-order valence-corrected chi connectivity index (χ2v) is 3.64. The first-order valence-corrected chi connectivity index (χ1v) is 5.71. The lowest BCUT2D eigenvalue weighted by molar-refractivity contribution is -0.142. The van der Waals surface area contributed by atoms with E-state index in [0.717, 1.165) is 6.07 Å². The van der Waals surface area contributed by atoms with E-state index in [0.29, 0.717) is 0 Å². The van der Waals surface area contributed by atoms with E-state index in [-0.39, 0.29) is 24.3 Å². The van der Waals surface area contributed by atoms with Crippen LogP contribution in [-0.2, 0) is 21.8 Å². The fraction of sp³-hybridized carbons (Fsp3) is 0.455. The number of hydrogen-bond donors (Lipinski definition) is 0. The molecular formula is C11H11ClF3NO2. The van der Waals surface area contributed by atoms with E-state index in [1.165, 1.54) is 0 Å². The summed E-state index contributed by atoms with van der Waals surface area (Å²) in [4.78, 5) is 14.7. The van der Waals surface area contributed by atoms with Gasteiger partial charge in [0.05, 0.1) is 24.6 Å². The highest BCUT2D eigenvalue weighted by Gasteiger charge is 2.20. The molecule has 0 amide bonds. The zero-order chi connectivity index (χ0) is 13.7. The van der Waals surface area contributed by atoms with E-state index in [2.05, 4.69) is 9.72 Å². The van der Waals surface area contributed by atoms with Crippen LogP contribution < -0.4 is 0 Å². The third-order valence-corrected chi connectivity index (χ3v) is 2.39. The maximum atomic E-state index is 13.5. The minimum atomic E-state index is -2.95. The number of halogens is 4. The Morgan fingerprint density at radius 3 is 2.72 bits per heavy atom. The average molecular weight is 282 g/mol.